The molecule has 0 saturated carbocycles. The van der Waals surface area contributed by atoms with E-state index in [0.717, 1.165) is 12.0 Å². The Morgan fingerprint density at radius 1 is 1.06 bits per heavy atom. The first-order valence-electron chi connectivity index (χ1n) is 5.23. The number of halogens is 1. The highest BCUT2D eigenvalue weighted by Crippen LogP contribution is 2.38. The Balaban J connectivity index is 0.00000256. The van der Waals surface area contributed by atoms with Gasteiger partial charge in [-0.1, -0.05) is 6.92 Å². The maximum Gasteiger partial charge on any atom is 0.131 e. The van der Waals surface area contributed by atoms with Crippen LogP contribution in [0.4, 0.5) is 0 Å². The van der Waals surface area contributed by atoms with Gasteiger partial charge in [0.1, 0.15) is 17.2 Å². The second-order valence-electron chi connectivity index (χ2n) is 3.46. The van der Waals surface area contributed by atoms with Crippen LogP contribution in [0.3, 0.4) is 0 Å². The quantitative estimate of drug-likeness (QED) is 0.885. The molecule has 4 nitrogen and oxygen atoms in total. The normalized spacial score (nSPS) is 11.4. The average molecular weight is 262 g/mol. The topological polar surface area (TPSA) is 53.7 Å². The molecule has 1 rings (SSSR count). The van der Waals surface area contributed by atoms with Gasteiger partial charge in [0, 0.05) is 18.2 Å². The van der Waals surface area contributed by atoms with Crippen molar-refractivity contribution in [3.8, 4) is 17.2 Å². The summed E-state index contributed by atoms with van der Waals surface area (Å²) in [4.78, 5) is 0. The molecule has 0 fully saturated rings. The summed E-state index contributed by atoms with van der Waals surface area (Å²) < 4.78 is 15.8. The van der Waals surface area contributed by atoms with E-state index in [-0.39, 0.29) is 18.4 Å². The molecule has 0 amide bonds. The van der Waals surface area contributed by atoms with Crippen molar-refractivity contribution in [1.82, 2.24) is 0 Å². The van der Waals surface area contributed by atoms with E-state index >= 15 is 0 Å². The van der Waals surface area contributed by atoms with Crippen LogP contribution in [0.5, 0.6) is 17.2 Å². The third-order valence-electron chi connectivity index (χ3n) is 2.56. The van der Waals surface area contributed by atoms with Crippen molar-refractivity contribution in [3.05, 3.63) is 17.7 Å². The van der Waals surface area contributed by atoms with E-state index in [1.54, 1.807) is 21.3 Å². The van der Waals surface area contributed by atoms with Gasteiger partial charge in [-0.25, -0.2) is 0 Å². The average Bonchev–Trinajstić information content (AvgIpc) is 2.35. The number of hydrogen-bond donors (Lipinski definition) is 1. The molecule has 17 heavy (non-hydrogen) atoms. The highest BCUT2D eigenvalue weighted by atomic mass is 35.5. The summed E-state index contributed by atoms with van der Waals surface area (Å²) in [5, 5.41) is 0. The van der Waals surface area contributed by atoms with Crippen molar-refractivity contribution in [2.45, 2.75) is 19.4 Å². The van der Waals surface area contributed by atoms with Gasteiger partial charge < -0.3 is 19.9 Å². The van der Waals surface area contributed by atoms with E-state index < -0.39 is 0 Å². The highest BCUT2D eigenvalue weighted by molar-refractivity contribution is 5.85. The fourth-order valence-corrected chi connectivity index (χ4v) is 1.60. The van der Waals surface area contributed by atoms with Crippen molar-refractivity contribution < 1.29 is 14.2 Å². The number of methoxy groups -OCH3 is 3. The molecule has 1 aromatic carbocycles. The summed E-state index contributed by atoms with van der Waals surface area (Å²) in [5.74, 6) is 2.09. The zero-order valence-electron chi connectivity index (χ0n) is 10.6. The Morgan fingerprint density at radius 3 is 1.82 bits per heavy atom. The maximum absolute atomic E-state index is 6.04. The molecule has 0 spiro atoms. The van der Waals surface area contributed by atoms with Gasteiger partial charge in [0.05, 0.1) is 26.9 Å². The third kappa shape index (κ3) is 3.41. The Morgan fingerprint density at radius 2 is 1.53 bits per heavy atom. The first kappa shape index (κ1) is 15.9. The molecule has 0 aliphatic carbocycles. The second-order valence-corrected chi connectivity index (χ2v) is 3.46. The van der Waals surface area contributed by atoms with E-state index in [1.165, 1.54) is 0 Å². The van der Waals surface area contributed by atoms with Crippen LogP contribution in [0, 0.1) is 0 Å². The summed E-state index contributed by atoms with van der Waals surface area (Å²) in [7, 11) is 4.83. The van der Waals surface area contributed by atoms with Crippen LogP contribution < -0.4 is 19.9 Å². The molecule has 0 saturated heterocycles. The van der Waals surface area contributed by atoms with E-state index in [1.807, 2.05) is 19.1 Å². The van der Waals surface area contributed by atoms with Crippen LogP contribution in [0.2, 0.25) is 0 Å². The minimum Gasteiger partial charge on any atom is -0.496 e. The van der Waals surface area contributed by atoms with E-state index in [0.29, 0.717) is 17.2 Å². The molecule has 98 valence electrons. The Labute approximate surface area is 108 Å². The number of rotatable bonds is 5. The zero-order valence-corrected chi connectivity index (χ0v) is 11.5. The number of benzene rings is 1. The summed E-state index contributed by atoms with van der Waals surface area (Å²) >= 11 is 0. The van der Waals surface area contributed by atoms with Gasteiger partial charge >= 0.3 is 0 Å². The van der Waals surface area contributed by atoms with Crippen molar-refractivity contribution in [2.75, 3.05) is 21.3 Å². The second kappa shape index (κ2) is 7.25. The fourth-order valence-electron chi connectivity index (χ4n) is 1.60. The Kier molecular flexibility index (Phi) is 6.76. The SMILES string of the molecule is CC[C@H](N)c1c(OC)cc(OC)cc1OC.Cl. The van der Waals surface area contributed by atoms with Crippen molar-refractivity contribution in [3.63, 3.8) is 0 Å². The standard InChI is InChI=1S/C12H19NO3.ClH/c1-5-9(13)12-10(15-3)6-8(14-2)7-11(12)16-4;/h6-7,9H,5,13H2,1-4H3;1H/t9-;/m0./s1. The monoisotopic (exact) mass is 261 g/mol. The molecule has 0 unspecified atom stereocenters. The van der Waals surface area contributed by atoms with E-state index in [9.17, 15) is 0 Å². The minimum atomic E-state index is -0.101. The van der Waals surface area contributed by atoms with Gasteiger partial charge in [-0.05, 0) is 6.42 Å². The fraction of sp³-hybridized carbons (Fsp3) is 0.500. The molecule has 1 atom stereocenters. The molecule has 2 N–H and O–H groups in total. The van der Waals surface area contributed by atoms with Crippen molar-refractivity contribution in [1.29, 1.82) is 0 Å². The van der Waals surface area contributed by atoms with E-state index in [2.05, 4.69) is 0 Å². The first-order valence-corrected chi connectivity index (χ1v) is 5.23. The van der Waals surface area contributed by atoms with Gasteiger partial charge in [0.15, 0.2) is 0 Å². The lowest BCUT2D eigenvalue weighted by Crippen LogP contribution is -2.12. The van der Waals surface area contributed by atoms with E-state index in [4.69, 9.17) is 19.9 Å². The first-order chi connectivity index (χ1) is 7.67. The van der Waals surface area contributed by atoms with Gasteiger partial charge in [-0.3, -0.25) is 0 Å². The minimum absolute atomic E-state index is 0. The molecular weight excluding hydrogens is 242 g/mol. The van der Waals surface area contributed by atoms with Gasteiger partial charge in [-0.2, -0.15) is 0 Å². The molecule has 0 aliphatic rings. The lowest BCUT2D eigenvalue weighted by molar-refractivity contribution is 0.363. The molecule has 5 heteroatoms. The van der Waals surface area contributed by atoms with Crippen molar-refractivity contribution in [2.24, 2.45) is 5.73 Å². The largest absolute Gasteiger partial charge is 0.496 e. The molecule has 0 aromatic heterocycles. The van der Waals surface area contributed by atoms with Crippen LogP contribution in [-0.2, 0) is 0 Å². The van der Waals surface area contributed by atoms with Gasteiger partial charge in [0.2, 0.25) is 0 Å². The highest BCUT2D eigenvalue weighted by Gasteiger charge is 2.18. The summed E-state index contributed by atoms with van der Waals surface area (Å²) in [6.45, 7) is 2.02. The van der Waals surface area contributed by atoms with Crippen molar-refractivity contribution >= 4 is 12.4 Å². The predicted octanol–water partition coefficient (Wildman–Crippen LogP) is 2.54. The van der Waals surface area contributed by atoms with Crippen LogP contribution in [0.15, 0.2) is 12.1 Å². The van der Waals surface area contributed by atoms with Crippen LogP contribution in [0.25, 0.3) is 0 Å². The maximum atomic E-state index is 6.04. The molecule has 0 radical (unpaired) electrons. The Bertz CT molecular complexity index is 333. The molecule has 1 aromatic rings. The number of nitrogens with two attached hydrogens (primary N) is 1. The molecular formula is C12H20ClNO3. The van der Waals surface area contributed by atoms with Crippen LogP contribution in [0.1, 0.15) is 24.9 Å². The molecule has 0 bridgehead atoms. The summed E-state index contributed by atoms with van der Waals surface area (Å²) in [6, 6.07) is 3.52. The smallest absolute Gasteiger partial charge is 0.131 e. The van der Waals surface area contributed by atoms with Crippen LogP contribution >= 0.6 is 12.4 Å². The van der Waals surface area contributed by atoms with Crippen LogP contribution in [-0.4, -0.2) is 21.3 Å². The molecule has 0 heterocycles. The van der Waals surface area contributed by atoms with Gasteiger partial charge in [0.25, 0.3) is 0 Å². The summed E-state index contributed by atoms with van der Waals surface area (Å²) in [5.41, 5.74) is 6.92. The third-order valence-corrected chi connectivity index (χ3v) is 2.56. The Hall–Kier alpha value is -1.13. The molecule has 0 aliphatic heterocycles. The number of ether oxygens (including phenoxy) is 3. The zero-order chi connectivity index (χ0) is 12.1. The number of hydrogen-bond acceptors (Lipinski definition) is 4. The predicted molar refractivity (Wildman–Crippen MR) is 70.6 cm³/mol. The van der Waals surface area contributed by atoms with Gasteiger partial charge in [-0.15, -0.1) is 12.4 Å². The lowest BCUT2D eigenvalue weighted by Gasteiger charge is -2.18. The summed E-state index contributed by atoms with van der Waals surface area (Å²) in [6.07, 6.45) is 0.819. The lowest BCUT2D eigenvalue weighted by atomic mass is 10.0.